The van der Waals surface area contributed by atoms with Gasteiger partial charge in [0.15, 0.2) is 0 Å². The fourth-order valence-electron chi connectivity index (χ4n) is 5.39. The second-order valence-corrected chi connectivity index (χ2v) is 10.9. The molecule has 2 fully saturated rings. The fourth-order valence-corrected chi connectivity index (χ4v) is 6.15. The molecule has 2 heterocycles. The molecule has 1 amide bonds. The number of amidine groups is 1. The molecule has 1 spiro atoms. The Morgan fingerprint density at radius 2 is 1.76 bits per heavy atom. The first-order valence-electron chi connectivity index (χ1n) is 13.1. The topological polar surface area (TPSA) is 56.7 Å². The second kappa shape index (κ2) is 12.4. The first-order chi connectivity index (χ1) is 16.4. The summed E-state index contributed by atoms with van der Waals surface area (Å²) in [5, 5.41) is 8.59. The van der Waals surface area contributed by atoms with E-state index >= 15 is 0 Å². The lowest BCUT2D eigenvalue weighted by atomic mass is 9.82. The van der Waals surface area contributed by atoms with Crippen LogP contribution in [0.5, 0.6) is 0 Å². The highest BCUT2D eigenvalue weighted by molar-refractivity contribution is 8.00. The molecule has 34 heavy (non-hydrogen) atoms. The van der Waals surface area contributed by atoms with Crippen molar-refractivity contribution in [3.8, 4) is 0 Å². The Bertz CT molecular complexity index is 871. The Balaban J connectivity index is 0.00000158. The summed E-state index contributed by atoms with van der Waals surface area (Å²) in [6.45, 7) is 13.4. The zero-order valence-corrected chi connectivity index (χ0v) is 22.9. The van der Waals surface area contributed by atoms with Crippen molar-refractivity contribution < 1.29 is 4.79 Å². The number of benzene rings is 1. The van der Waals surface area contributed by atoms with Gasteiger partial charge in [0, 0.05) is 25.6 Å². The summed E-state index contributed by atoms with van der Waals surface area (Å²) >= 11 is 1.76. The minimum Gasteiger partial charge on any atom is -0.316 e. The van der Waals surface area contributed by atoms with Crippen LogP contribution in [0.3, 0.4) is 0 Å². The van der Waals surface area contributed by atoms with Crippen molar-refractivity contribution in [2.45, 2.75) is 85.2 Å². The molecule has 0 atom stereocenters. The largest absolute Gasteiger partial charge is 0.316 e. The number of aliphatic imine (C=N–C) groups is 1. The smallest absolute Gasteiger partial charge is 0.253 e. The molecule has 0 radical (unpaired) electrons. The molecule has 4 rings (SSSR count). The van der Waals surface area contributed by atoms with Gasteiger partial charge in [-0.2, -0.15) is 0 Å². The number of amides is 1. The monoisotopic (exact) mass is 484 g/mol. The van der Waals surface area contributed by atoms with Crippen molar-refractivity contribution in [2.24, 2.45) is 16.8 Å². The number of piperidine rings is 1. The van der Waals surface area contributed by atoms with E-state index in [1.165, 1.54) is 35.1 Å². The maximum Gasteiger partial charge on any atom is 0.253 e. The Labute approximate surface area is 211 Å². The van der Waals surface area contributed by atoms with E-state index in [1.807, 2.05) is 20.9 Å². The first kappa shape index (κ1) is 27.0. The van der Waals surface area contributed by atoms with Crippen LogP contribution in [0.25, 0.3) is 6.08 Å². The van der Waals surface area contributed by atoms with E-state index in [-0.39, 0.29) is 5.91 Å². The lowest BCUT2D eigenvalue weighted by Gasteiger charge is -2.34. The maximum atomic E-state index is 12.9. The molecule has 1 saturated carbocycles. The van der Waals surface area contributed by atoms with Crippen LogP contribution in [-0.2, 0) is 11.3 Å². The van der Waals surface area contributed by atoms with Gasteiger partial charge in [-0.3, -0.25) is 9.79 Å². The quantitative estimate of drug-likeness (QED) is 0.497. The van der Waals surface area contributed by atoms with Crippen LogP contribution in [-0.4, -0.2) is 41.7 Å². The van der Waals surface area contributed by atoms with Gasteiger partial charge in [-0.15, -0.1) is 0 Å². The summed E-state index contributed by atoms with van der Waals surface area (Å²) in [7, 11) is 1.98. The van der Waals surface area contributed by atoms with E-state index in [4.69, 9.17) is 4.99 Å². The summed E-state index contributed by atoms with van der Waals surface area (Å²) in [4.78, 5) is 17.9. The third kappa shape index (κ3) is 6.32. The van der Waals surface area contributed by atoms with Gasteiger partial charge in [0.1, 0.15) is 11.4 Å². The van der Waals surface area contributed by atoms with E-state index in [1.54, 1.807) is 11.9 Å². The summed E-state index contributed by atoms with van der Waals surface area (Å²) in [5.74, 6) is 2.38. The highest BCUT2D eigenvalue weighted by Crippen LogP contribution is 2.36. The summed E-state index contributed by atoms with van der Waals surface area (Å²) in [6.07, 6.45) is 8.67. The number of hydrogen-bond acceptors (Lipinski definition) is 5. The third-order valence-electron chi connectivity index (χ3n) is 7.43. The van der Waals surface area contributed by atoms with Gasteiger partial charge in [-0.05, 0) is 86.2 Å². The molecule has 0 unspecified atom stereocenters. The van der Waals surface area contributed by atoms with Crippen LogP contribution in [0, 0.1) is 25.7 Å². The molecule has 6 heteroatoms. The van der Waals surface area contributed by atoms with Crippen molar-refractivity contribution in [3.05, 3.63) is 39.8 Å². The zero-order chi connectivity index (χ0) is 24.7. The number of rotatable bonds is 6. The standard InChI is InChI=1S/C26H38N4OS.C2H6/c1-18-5-7-22(8-6-18)24-28-25(31)26(29-24)10-12-30(13-11-26)32-14-9-23-19(2)15-21(17-27-4)16-20(23)3;1-2/h9,14-16,18,22,27H,5-8,10-13,17H2,1-4H3,(H,28,29,31);1-2H3/b14-9+;. The lowest BCUT2D eigenvalue weighted by Crippen LogP contribution is -2.47. The predicted octanol–water partition coefficient (Wildman–Crippen LogP) is 5.86. The number of carbonyl (C=O) groups is 1. The van der Waals surface area contributed by atoms with Crippen molar-refractivity contribution in [3.63, 3.8) is 0 Å². The third-order valence-corrected chi connectivity index (χ3v) is 8.35. The summed E-state index contributed by atoms with van der Waals surface area (Å²) < 4.78 is 2.37. The molecule has 2 N–H and O–H groups in total. The number of hydrogen-bond donors (Lipinski definition) is 2. The summed E-state index contributed by atoms with van der Waals surface area (Å²) in [5.41, 5.74) is 4.73. The lowest BCUT2D eigenvalue weighted by molar-refractivity contribution is -0.124. The van der Waals surface area contributed by atoms with Gasteiger partial charge < -0.3 is 10.6 Å². The molecular formula is C28H44N4OS. The molecule has 1 aliphatic carbocycles. The van der Waals surface area contributed by atoms with Gasteiger partial charge in [0.2, 0.25) is 0 Å². The van der Waals surface area contributed by atoms with Gasteiger partial charge in [0.05, 0.1) is 0 Å². The Kier molecular flexibility index (Phi) is 9.81. The van der Waals surface area contributed by atoms with Crippen molar-refractivity contribution in [2.75, 3.05) is 20.1 Å². The molecule has 1 aromatic carbocycles. The summed E-state index contributed by atoms with van der Waals surface area (Å²) in [6, 6.07) is 4.53. The average Bonchev–Trinajstić information content (AvgIpc) is 3.14. The molecule has 3 aliphatic rings. The Morgan fingerprint density at radius 3 is 2.35 bits per heavy atom. The minimum absolute atomic E-state index is 0.138. The highest BCUT2D eigenvalue weighted by Gasteiger charge is 2.47. The Hall–Kier alpha value is -1.63. The first-order valence-corrected chi connectivity index (χ1v) is 14.0. The van der Waals surface area contributed by atoms with Crippen LogP contribution in [0.15, 0.2) is 22.5 Å². The Morgan fingerprint density at radius 1 is 1.15 bits per heavy atom. The zero-order valence-electron chi connectivity index (χ0n) is 22.0. The molecule has 1 saturated heterocycles. The normalized spacial score (nSPS) is 24.6. The van der Waals surface area contributed by atoms with E-state index in [0.717, 1.165) is 57.1 Å². The van der Waals surface area contributed by atoms with Crippen molar-refractivity contribution in [1.82, 2.24) is 14.9 Å². The minimum atomic E-state index is -0.518. The van der Waals surface area contributed by atoms with Gasteiger partial charge in [0.25, 0.3) is 5.91 Å². The van der Waals surface area contributed by atoms with E-state index in [0.29, 0.717) is 5.92 Å². The molecule has 0 bridgehead atoms. The van der Waals surface area contributed by atoms with Crippen LogP contribution in [0.4, 0.5) is 0 Å². The van der Waals surface area contributed by atoms with Crippen LogP contribution >= 0.6 is 11.9 Å². The molecule has 1 aromatic rings. The number of aryl methyl sites for hydroxylation is 2. The maximum absolute atomic E-state index is 12.9. The fraction of sp³-hybridized carbons (Fsp3) is 0.643. The molecule has 2 aliphatic heterocycles. The average molecular weight is 485 g/mol. The van der Waals surface area contributed by atoms with Gasteiger partial charge >= 0.3 is 0 Å². The second-order valence-electron chi connectivity index (χ2n) is 9.95. The molecular weight excluding hydrogens is 440 g/mol. The van der Waals surface area contributed by atoms with Crippen molar-refractivity contribution in [1.29, 1.82) is 0 Å². The molecule has 5 nitrogen and oxygen atoms in total. The number of nitrogens with zero attached hydrogens (tertiary/aromatic N) is 2. The molecule has 0 aromatic heterocycles. The van der Waals surface area contributed by atoms with Crippen molar-refractivity contribution >= 4 is 29.8 Å². The van der Waals surface area contributed by atoms with E-state index in [2.05, 4.69) is 59.3 Å². The van der Waals surface area contributed by atoms with Gasteiger partial charge in [-0.25, -0.2) is 4.31 Å². The van der Waals surface area contributed by atoms with E-state index < -0.39 is 5.54 Å². The van der Waals surface area contributed by atoms with Crippen LogP contribution in [0.1, 0.15) is 81.5 Å². The van der Waals surface area contributed by atoms with E-state index in [9.17, 15) is 4.79 Å². The number of nitrogens with one attached hydrogen (secondary N) is 2. The number of carbonyl (C=O) groups excluding carboxylic acids is 1. The van der Waals surface area contributed by atoms with Crippen LogP contribution < -0.4 is 10.6 Å². The predicted molar refractivity (Wildman–Crippen MR) is 147 cm³/mol. The highest BCUT2D eigenvalue weighted by atomic mass is 32.2. The van der Waals surface area contributed by atoms with Crippen LogP contribution in [0.2, 0.25) is 0 Å². The molecule has 188 valence electrons. The SMILES string of the molecule is CC.CNCc1cc(C)c(/C=C/SN2CCC3(CC2)N=C(C2CCC(C)CC2)NC3=O)c(C)c1. The van der Waals surface area contributed by atoms with Gasteiger partial charge in [-0.1, -0.05) is 57.7 Å².